The lowest BCUT2D eigenvalue weighted by atomic mass is 9.98. The molecule has 0 unspecified atom stereocenters. The van der Waals surface area contributed by atoms with Crippen molar-refractivity contribution in [2.75, 3.05) is 14.2 Å². The van der Waals surface area contributed by atoms with Gasteiger partial charge in [0, 0.05) is 17.8 Å². The van der Waals surface area contributed by atoms with Gasteiger partial charge in [-0.05, 0) is 29.8 Å². The number of carbonyl (C=O) groups excluding carboxylic acids is 2. The Hall–Kier alpha value is -3.22. The van der Waals surface area contributed by atoms with Gasteiger partial charge in [-0.1, -0.05) is 6.07 Å². The average Bonchev–Trinajstić information content (AvgIpc) is 3.05. The third-order valence-electron chi connectivity index (χ3n) is 3.65. The first-order valence-electron chi connectivity index (χ1n) is 7.19. The van der Waals surface area contributed by atoms with E-state index in [1.807, 2.05) is 18.3 Å². The molecule has 0 fully saturated rings. The largest absolute Gasteiger partial charge is 0.468 e. The first-order chi connectivity index (χ1) is 11.6. The third kappa shape index (κ3) is 2.83. The van der Waals surface area contributed by atoms with Gasteiger partial charge in [0.2, 0.25) is 0 Å². The van der Waals surface area contributed by atoms with E-state index in [4.69, 9.17) is 9.47 Å². The van der Waals surface area contributed by atoms with E-state index in [1.54, 1.807) is 35.3 Å². The average molecular weight is 325 g/mol. The Labute approximate surface area is 137 Å². The number of esters is 2. The number of rotatable bonds is 4. The Morgan fingerprint density at radius 1 is 1.12 bits per heavy atom. The SMILES string of the molecule is COC(=O)C(C(=O)OC)c1ccc2nn(-c3cccnc3)cc2c1. The standard InChI is InChI=1S/C17H15N3O4/c1-23-16(21)15(17(22)24-2)11-5-6-14-12(8-11)10-20(19-14)13-4-3-7-18-9-13/h3-10,15H,1-2H3. The van der Waals surface area contributed by atoms with E-state index in [-0.39, 0.29) is 0 Å². The van der Waals surface area contributed by atoms with Crippen molar-refractivity contribution in [2.24, 2.45) is 0 Å². The monoisotopic (exact) mass is 325 g/mol. The normalized spacial score (nSPS) is 10.8. The number of carbonyl (C=O) groups is 2. The van der Waals surface area contributed by atoms with Crippen LogP contribution in [0.5, 0.6) is 0 Å². The van der Waals surface area contributed by atoms with Crippen LogP contribution in [0.4, 0.5) is 0 Å². The van der Waals surface area contributed by atoms with Gasteiger partial charge in [0.15, 0.2) is 5.92 Å². The van der Waals surface area contributed by atoms with E-state index in [0.29, 0.717) is 5.56 Å². The summed E-state index contributed by atoms with van der Waals surface area (Å²) in [5.41, 5.74) is 2.04. The van der Waals surface area contributed by atoms with Crippen LogP contribution in [0.25, 0.3) is 16.6 Å². The number of nitrogens with zero attached hydrogens (tertiary/aromatic N) is 3. The van der Waals surface area contributed by atoms with Crippen LogP contribution in [0, 0.1) is 0 Å². The summed E-state index contributed by atoms with van der Waals surface area (Å²) < 4.78 is 11.1. The molecule has 0 atom stereocenters. The van der Waals surface area contributed by atoms with Crippen molar-refractivity contribution in [3.8, 4) is 5.69 Å². The van der Waals surface area contributed by atoms with Gasteiger partial charge in [-0.2, -0.15) is 5.10 Å². The minimum absolute atomic E-state index is 0.493. The van der Waals surface area contributed by atoms with Gasteiger partial charge in [-0.3, -0.25) is 14.6 Å². The maximum Gasteiger partial charge on any atom is 0.324 e. The summed E-state index contributed by atoms with van der Waals surface area (Å²) in [6.07, 6.45) is 5.18. The molecule has 0 saturated heterocycles. The number of fused-ring (bicyclic) bond motifs is 1. The van der Waals surface area contributed by atoms with Crippen LogP contribution in [-0.4, -0.2) is 40.9 Å². The van der Waals surface area contributed by atoms with Crippen molar-refractivity contribution < 1.29 is 19.1 Å². The van der Waals surface area contributed by atoms with Crippen LogP contribution >= 0.6 is 0 Å². The summed E-state index contributed by atoms with van der Waals surface area (Å²) in [5.74, 6) is -2.45. The number of aromatic nitrogens is 3. The predicted molar refractivity (Wildman–Crippen MR) is 85.6 cm³/mol. The van der Waals surface area contributed by atoms with E-state index >= 15 is 0 Å². The van der Waals surface area contributed by atoms with Crippen molar-refractivity contribution in [3.05, 3.63) is 54.5 Å². The molecule has 122 valence electrons. The highest BCUT2D eigenvalue weighted by atomic mass is 16.5. The molecule has 0 saturated carbocycles. The molecular weight excluding hydrogens is 310 g/mol. The van der Waals surface area contributed by atoms with Crippen LogP contribution in [0.15, 0.2) is 48.9 Å². The highest BCUT2D eigenvalue weighted by Crippen LogP contribution is 2.24. The van der Waals surface area contributed by atoms with Crippen LogP contribution in [-0.2, 0) is 19.1 Å². The smallest absolute Gasteiger partial charge is 0.324 e. The Bertz CT molecular complexity index is 873. The predicted octanol–water partition coefficient (Wildman–Crippen LogP) is 1.85. The van der Waals surface area contributed by atoms with Crippen LogP contribution in [0.3, 0.4) is 0 Å². The molecule has 3 rings (SSSR count). The highest BCUT2D eigenvalue weighted by molar-refractivity contribution is 6.01. The van der Waals surface area contributed by atoms with Crippen molar-refractivity contribution in [1.82, 2.24) is 14.8 Å². The zero-order chi connectivity index (χ0) is 17.1. The molecule has 0 aliphatic rings. The molecule has 2 aromatic heterocycles. The van der Waals surface area contributed by atoms with Gasteiger partial charge in [0.05, 0.1) is 31.6 Å². The molecule has 0 radical (unpaired) electrons. The van der Waals surface area contributed by atoms with Gasteiger partial charge >= 0.3 is 11.9 Å². The zero-order valence-corrected chi connectivity index (χ0v) is 13.2. The van der Waals surface area contributed by atoms with E-state index in [9.17, 15) is 9.59 Å². The van der Waals surface area contributed by atoms with E-state index in [0.717, 1.165) is 16.6 Å². The van der Waals surface area contributed by atoms with Crippen LogP contribution < -0.4 is 0 Å². The molecule has 1 aromatic carbocycles. The summed E-state index contributed by atoms with van der Waals surface area (Å²) in [5, 5.41) is 5.24. The van der Waals surface area contributed by atoms with Gasteiger partial charge < -0.3 is 9.47 Å². The molecule has 3 aromatic rings. The maximum absolute atomic E-state index is 11.9. The number of methoxy groups -OCH3 is 2. The Kier molecular flexibility index (Phi) is 4.24. The number of pyridine rings is 1. The van der Waals surface area contributed by atoms with Crippen molar-refractivity contribution in [3.63, 3.8) is 0 Å². The van der Waals surface area contributed by atoms with E-state index in [1.165, 1.54) is 14.2 Å². The van der Waals surface area contributed by atoms with Gasteiger partial charge in [-0.15, -0.1) is 0 Å². The van der Waals surface area contributed by atoms with Crippen molar-refractivity contribution in [1.29, 1.82) is 0 Å². The van der Waals surface area contributed by atoms with Gasteiger partial charge in [-0.25, -0.2) is 4.68 Å². The Morgan fingerprint density at radius 2 is 1.88 bits per heavy atom. The van der Waals surface area contributed by atoms with Crippen LogP contribution in [0.2, 0.25) is 0 Å². The van der Waals surface area contributed by atoms with Crippen molar-refractivity contribution >= 4 is 22.8 Å². The molecule has 0 spiro atoms. The number of hydrogen-bond acceptors (Lipinski definition) is 6. The summed E-state index contributed by atoms with van der Waals surface area (Å²) in [7, 11) is 2.47. The minimum atomic E-state index is -1.12. The highest BCUT2D eigenvalue weighted by Gasteiger charge is 2.30. The molecule has 0 amide bonds. The Morgan fingerprint density at radius 3 is 2.50 bits per heavy atom. The second kappa shape index (κ2) is 6.49. The van der Waals surface area contributed by atoms with Crippen molar-refractivity contribution in [2.45, 2.75) is 5.92 Å². The molecule has 0 aliphatic heterocycles. The molecule has 0 N–H and O–H groups in total. The fourth-order valence-corrected chi connectivity index (χ4v) is 2.45. The fraction of sp³-hybridized carbons (Fsp3) is 0.176. The van der Waals surface area contributed by atoms with Crippen LogP contribution in [0.1, 0.15) is 11.5 Å². The number of ether oxygens (including phenoxy) is 2. The summed E-state index contributed by atoms with van der Waals surface area (Å²) in [6.45, 7) is 0. The second-order valence-corrected chi connectivity index (χ2v) is 5.08. The number of benzene rings is 1. The fourth-order valence-electron chi connectivity index (χ4n) is 2.45. The maximum atomic E-state index is 11.9. The molecule has 24 heavy (non-hydrogen) atoms. The molecule has 2 heterocycles. The summed E-state index contributed by atoms with van der Waals surface area (Å²) >= 11 is 0. The quantitative estimate of drug-likeness (QED) is 0.538. The topological polar surface area (TPSA) is 83.3 Å². The Balaban J connectivity index is 2.04. The molecule has 7 nitrogen and oxygen atoms in total. The van der Waals surface area contributed by atoms with E-state index < -0.39 is 17.9 Å². The van der Waals surface area contributed by atoms with Gasteiger partial charge in [0.25, 0.3) is 0 Å². The zero-order valence-electron chi connectivity index (χ0n) is 13.2. The lowest BCUT2D eigenvalue weighted by Crippen LogP contribution is -2.24. The molecule has 7 heteroatoms. The third-order valence-corrected chi connectivity index (χ3v) is 3.65. The molecular formula is C17H15N3O4. The molecule has 0 aliphatic carbocycles. The summed E-state index contributed by atoms with van der Waals surface area (Å²) in [4.78, 5) is 27.9. The second-order valence-electron chi connectivity index (χ2n) is 5.08. The first kappa shape index (κ1) is 15.7. The van der Waals surface area contributed by atoms with Gasteiger partial charge in [0.1, 0.15) is 0 Å². The first-order valence-corrected chi connectivity index (χ1v) is 7.19. The number of hydrogen-bond donors (Lipinski definition) is 0. The lowest BCUT2D eigenvalue weighted by molar-refractivity contribution is -0.154. The molecule has 0 bridgehead atoms. The minimum Gasteiger partial charge on any atom is -0.468 e. The summed E-state index contributed by atoms with van der Waals surface area (Å²) in [6, 6.07) is 8.84. The van der Waals surface area contributed by atoms with E-state index in [2.05, 4.69) is 10.1 Å². The lowest BCUT2D eigenvalue weighted by Gasteiger charge is -2.12.